The van der Waals surface area contributed by atoms with Gasteiger partial charge in [0.15, 0.2) is 0 Å². The van der Waals surface area contributed by atoms with E-state index in [1.54, 1.807) is 0 Å². The first-order valence-electron chi connectivity index (χ1n) is 7.31. The van der Waals surface area contributed by atoms with Crippen LogP contribution < -0.4 is 0 Å². The van der Waals surface area contributed by atoms with Crippen molar-refractivity contribution in [3.05, 3.63) is 77.4 Å². The molecule has 0 aromatic heterocycles. The fourth-order valence-corrected chi connectivity index (χ4v) is 2.17. The number of nitrogens with zero attached hydrogens (tertiary/aromatic N) is 1. The van der Waals surface area contributed by atoms with Gasteiger partial charge in [-0.1, -0.05) is 60.7 Å². The topological polar surface area (TPSA) is 70.3 Å². The predicted octanol–water partition coefficient (Wildman–Crippen LogP) is 2.94. The Balaban J connectivity index is 2.50. The normalized spacial score (nSPS) is 9.74. The number of esters is 1. The SMILES string of the molecule is N#CC(C(=O)OCCCO)=C(c1ccccc1)c1ccccc1. The minimum Gasteiger partial charge on any atom is -0.461 e. The van der Waals surface area contributed by atoms with Gasteiger partial charge in [-0.25, -0.2) is 4.79 Å². The molecule has 0 heterocycles. The van der Waals surface area contributed by atoms with Crippen molar-refractivity contribution in [1.29, 1.82) is 5.26 Å². The van der Waals surface area contributed by atoms with Crippen LogP contribution in [-0.4, -0.2) is 24.3 Å². The third-order valence-electron chi connectivity index (χ3n) is 3.23. The van der Waals surface area contributed by atoms with Crippen molar-refractivity contribution < 1.29 is 14.6 Å². The largest absolute Gasteiger partial charge is 0.461 e. The number of aliphatic hydroxyl groups is 1. The third kappa shape index (κ3) is 4.29. The van der Waals surface area contributed by atoms with E-state index in [4.69, 9.17) is 9.84 Å². The number of carbonyl (C=O) groups excluding carboxylic acids is 1. The Labute approximate surface area is 135 Å². The number of aliphatic hydroxyl groups excluding tert-OH is 1. The second-order valence-electron chi connectivity index (χ2n) is 4.81. The highest BCUT2D eigenvalue weighted by atomic mass is 16.5. The maximum atomic E-state index is 12.3. The molecule has 0 aliphatic carbocycles. The lowest BCUT2D eigenvalue weighted by Gasteiger charge is -2.11. The molecule has 0 unspecified atom stereocenters. The van der Waals surface area contributed by atoms with Crippen LogP contribution in [0, 0.1) is 11.3 Å². The molecule has 0 amide bonds. The number of carbonyl (C=O) groups is 1. The van der Waals surface area contributed by atoms with Gasteiger partial charge < -0.3 is 9.84 Å². The van der Waals surface area contributed by atoms with Crippen LogP contribution in [0.5, 0.6) is 0 Å². The smallest absolute Gasteiger partial charge is 0.349 e. The van der Waals surface area contributed by atoms with E-state index in [9.17, 15) is 10.1 Å². The zero-order valence-electron chi connectivity index (χ0n) is 12.6. The zero-order valence-corrected chi connectivity index (χ0v) is 12.6. The van der Waals surface area contributed by atoms with Crippen molar-refractivity contribution in [3.63, 3.8) is 0 Å². The van der Waals surface area contributed by atoms with Gasteiger partial charge in [0.25, 0.3) is 0 Å². The summed E-state index contributed by atoms with van der Waals surface area (Å²) in [7, 11) is 0. The summed E-state index contributed by atoms with van der Waals surface area (Å²) in [5.41, 5.74) is 2.05. The molecular weight excluding hydrogens is 290 g/mol. The Bertz CT molecular complexity index is 674. The Morgan fingerprint density at radius 2 is 1.52 bits per heavy atom. The van der Waals surface area contributed by atoms with E-state index in [1.165, 1.54) is 0 Å². The molecule has 2 aromatic carbocycles. The van der Waals surface area contributed by atoms with Crippen LogP contribution in [0.2, 0.25) is 0 Å². The van der Waals surface area contributed by atoms with E-state index < -0.39 is 5.97 Å². The number of ether oxygens (including phenoxy) is 1. The molecule has 0 atom stereocenters. The van der Waals surface area contributed by atoms with E-state index >= 15 is 0 Å². The van der Waals surface area contributed by atoms with Crippen molar-refractivity contribution in [3.8, 4) is 6.07 Å². The Morgan fingerprint density at radius 1 is 1.00 bits per heavy atom. The van der Waals surface area contributed by atoms with Crippen LogP contribution >= 0.6 is 0 Å². The lowest BCUT2D eigenvalue weighted by atomic mass is 9.93. The molecule has 0 bridgehead atoms. The van der Waals surface area contributed by atoms with E-state index in [2.05, 4.69) is 0 Å². The van der Waals surface area contributed by atoms with Crippen molar-refractivity contribution in [1.82, 2.24) is 0 Å². The summed E-state index contributed by atoms with van der Waals surface area (Å²) in [4.78, 5) is 12.3. The number of hydrogen-bond acceptors (Lipinski definition) is 4. The van der Waals surface area contributed by atoms with E-state index in [1.807, 2.05) is 66.7 Å². The van der Waals surface area contributed by atoms with Crippen LogP contribution in [0.3, 0.4) is 0 Å². The van der Waals surface area contributed by atoms with Gasteiger partial charge >= 0.3 is 5.97 Å². The average Bonchev–Trinajstić information content (AvgIpc) is 2.61. The highest BCUT2D eigenvalue weighted by Crippen LogP contribution is 2.27. The monoisotopic (exact) mass is 307 g/mol. The van der Waals surface area contributed by atoms with Crippen molar-refractivity contribution in [2.45, 2.75) is 6.42 Å². The average molecular weight is 307 g/mol. The Morgan fingerprint density at radius 3 is 1.96 bits per heavy atom. The summed E-state index contributed by atoms with van der Waals surface area (Å²) in [6.07, 6.45) is 0.344. The fraction of sp³-hybridized carbons (Fsp3) is 0.158. The predicted molar refractivity (Wildman–Crippen MR) is 87.2 cm³/mol. The third-order valence-corrected chi connectivity index (χ3v) is 3.23. The molecule has 0 aliphatic heterocycles. The fourth-order valence-electron chi connectivity index (χ4n) is 2.17. The standard InChI is InChI=1S/C19H17NO3/c20-14-17(19(22)23-13-7-12-21)18(15-8-3-1-4-9-15)16-10-5-2-6-11-16/h1-6,8-11,21H,7,12-13H2. The molecule has 0 spiro atoms. The summed E-state index contributed by atoms with van der Waals surface area (Å²) in [5, 5.41) is 18.3. The molecular formula is C19H17NO3. The molecule has 1 N–H and O–H groups in total. The van der Waals surface area contributed by atoms with Crippen LogP contribution in [0.1, 0.15) is 17.5 Å². The van der Waals surface area contributed by atoms with Gasteiger partial charge in [0.1, 0.15) is 11.6 Å². The van der Waals surface area contributed by atoms with Gasteiger partial charge in [-0.2, -0.15) is 5.26 Å². The van der Waals surface area contributed by atoms with Gasteiger partial charge in [0, 0.05) is 18.6 Å². The highest BCUT2D eigenvalue weighted by molar-refractivity contribution is 6.05. The molecule has 0 fully saturated rings. The maximum Gasteiger partial charge on any atom is 0.349 e. The van der Waals surface area contributed by atoms with Crippen LogP contribution in [0.25, 0.3) is 5.57 Å². The second kappa shape index (κ2) is 8.52. The van der Waals surface area contributed by atoms with Gasteiger partial charge in [0.05, 0.1) is 6.61 Å². The summed E-state index contributed by atoms with van der Waals surface area (Å²) in [6, 6.07) is 20.5. The summed E-state index contributed by atoms with van der Waals surface area (Å²) in [5.74, 6) is -0.677. The highest BCUT2D eigenvalue weighted by Gasteiger charge is 2.19. The molecule has 4 nitrogen and oxygen atoms in total. The van der Waals surface area contributed by atoms with E-state index in [-0.39, 0.29) is 18.8 Å². The van der Waals surface area contributed by atoms with Crippen LogP contribution in [0.4, 0.5) is 0 Å². The van der Waals surface area contributed by atoms with Gasteiger partial charge in [-0.15, -0.1) is 0 Å². The first kappa shape index (κ1) is 16.5. The summed E-state index contributed by atoms with van der Waals surface area (Å²) < 4.78 is 5.08. The van der Waals surface area contributed by atoms with Gasteiger partial charge in [0.2, 0.25) is 0 Å². The minimum absolute atomic E-state index is 0.0414. The quantitative estimate of drug-likeness (QED) is 0.385. The molecule has 2 aromatic rings. The number of benzene rings is 2. The molecule has 0 aliphatic rings. The zero-order chi connectivity index (χ0) is 16.5. The van der Waals surface area contributed by atoms with Crippen molar-refractivity contribution in [2.24, 2.45) is 0 Å². The molecule has 0 saturated carbocycles. The first-order valence-corrected chi connectivity index (χ1v) is 7.31. The molecule has 0 saturated heterocycles. The van der Waals surface area contributed by atoms with E-state index in [0.29, 0.717) is 12.0 Å². The Kier molecular flexibility index (Phi) is 6.10. The van der Waals surface area contributed by atoms with Crippen molar-refractivity contribution in [2.75, 3.05) is 13.2 Å². The number of nitriles is 1. The van der Waals surface area contributed by atoms with Crippen molar-refractivity contribution >= 4 is 11.5 Å². The maximum absolute atomic E-state index is 12.3. The molecule has 0 radical (unpaired) electrons. The lowest BCUT2D eigenvalue weighted by Crippen LogP contribution is -2.11. The summed E-state index contributed by atoms with van der Waals surface area (Å²) >= 11 is 0. The van der Waals surface area contributed by atoms with Gasteiger partial charge in [-0.05, 0) is 11.1 Å². The number of rotatable bonds is 6. The molecule has 4 heteroatoms. The second-order valence-corrected chi connectivity index (χ2v) is 4.81. The first-order chi connectivity index (χ1) is 11.3. The van der Waals surface area contributed by atoms with E-state index in [0.717, 1.165) is 11.1 Å². The molecule has 23 heavy (non-hydrogen) atoms. The summed E-state index contributed by atoms with van der Waals surface area (Å²) in [6.45, 7) is 0.0144. The minimum atomic E-state index is -0.677. The lowest BCUT2D eigenvalue weighted by molar-refractivity contribution is -0.138. The van der Waals surface area contributed by atoms with Crippen LogP contribution in [-0.2, 0) is 9.53 Å². The Hall–Kier alpha value is -2.90. The molecule has 116 valence electrons. The molecule has 2 rings (SSSR count). The number of hydrogen-bond donors (Lipinski definition) is 1. The van der Waals surface area contributed by atoms with Gasteiger partial charge in [-0.3, -0.25) is 0 Å². The van der Waals surface area contributed by atoms with Crippen LogP contribution in [0.15, 0.2) is 66.2 Å².